The number of hydrogen-bond acceptors (Lipinski definition) is 3. The molecule has 0 aromatic heterocycles. The van der Waals surface area contributed by atoms with Crippen LogP contribution in [0.5, 0.6) is 0 Å². The van der Waals surface area contributed by atoms with Crippen molar-refractivity contribution in [2.45, 2.75) is 18.7 Å². The molecule has 2 rings (SSSR count). The van der Waals surface area contributed by atoms with Crippen molar-refractivity contribution in [3.8, 4) is 0 Å². The molecule has 2 N–H and O–H groups in total. The van der Waals surface area contributed by atoms with E-state index in [0.717, 1.165) is 11.1 Å². The molecular formula is C16H18N2O3S. The van der Waals surface area contributed by atoms with Crippen molar-refractivity contribution in [2.24, 2.45) is 0 Å². The Morgan fingerprint density at radius 3 is 2.45 bits per heavy atom. The number of benzene rings is 2. The van der Waals surface area contributed by atoms with Crippen LogP contribution in [0.1, 0.15) is 11.1 Å². The molecule has 2 aromatic carbocycles. The molecule has 0 saturated carbocycles. The molecule has 0 bridgehead atoms. The minimum atomic E-state index is -3.69. The summed E-state index contributed by atoms with van der Waals surface area (Å²) < 4.78 is 26.5. The molecule has 0 saturated heterocycles. The van der Waals surface area contributed by atoms with E-state index in [4.69, 9.17) is 0 Å². The molecule has 0 unspecified atom stereocenters. The largest absolute Gasteiger partial charge is 0.325 e. The van der Waals surface area contributed by atoms with E-state index >= 15 is 0 Å². The molecule has 0 heterocycles. The van der Waals surface area contributed by atoms with Gasteiger partial charge < -0.3 is 5.32 Å². The molecule has 2 aromatic rings. The number of carbonyl (C=O) groups is 1. The summed E-state index contributed by atoms with van der Waals surface area (Å²) in [6.45, 7) is 3.36. The van der Waals surface area contributed by atoms with Gasteiger partial charge in [-0.25, -0.2) is 13.1 Å². The van der Waals surface area contributed by atoms with Gasteiger partial charge in [-0.2, -0.15) is 0 Å². The van der Waals surface area contributed by atoms with Crippen molar-refractivity contribution in [1.29, 1.82) is 0 Å². The van der Waals surface area contributed by atoms with Crippen molar-refractivity contribution in [1.82, 2.24) is 4.72 Å². The van der Waals surface area contributed by atoms with E-state index in [1.807, 2.05) is 32.0 Å². The number of anilines is 1. The highest BCUT2D eigenvalue weighted by Crippen LogP contribution is 2.13. The molecule has 0 aliphatic rings. The topological polar surface area (TPSA) is 75.3 Å². The minimum absolute atomic E-state index is 0.149. The highest BCUT2D eigenvalue weighted by molar-refractivity contribution is 7.89. The van der Waals surface area contributed by atoms with E-state index < -0.39 is 15.9 Å². The first-order chi connectivity index (χ1) is 10.4. The fraction of sp³-hybridized carbons (Fsp3) is 0.188. The number of nitrogens with one attached hydrogen (secondary N) is 2. The molecule has 0 aliphatic heterocycles. The number of para-hydroxylation sites is 1. The third-order valence-corrected chi connectivity index (χ3v) is 4.54. The van der Waals surface area contributed by atoms with Gasteiger partial charge in [-0.3, -0.25) is 4.79 Å². The van der Waals surface area contributed by atoms with Crippen LogP contribution in [0.25, 0.3) is 0 Å². The predicted molar refractivity (Wildman–Crippen MR) is 86.2 cm³/mol. The van der Waals surface area contributed by atoms with Gasteiger partial charge in [0.15, 0.2) is 0 Å². The number of rotatable bonds is 5. The van der Waals surface area contributed by atoms with Gasteiger partial charge in [0.2, 0.25) is 15.9 Å². The lowest BCUT2D eigenvalue weighted by Crippen LogP contribution is -2.33. The summed E-state index contributed by atoms with van der Waals surface area (Å²) in [7, 11) is -3.69. The second-order valence-electron chi connectivity index (χ2n) is 5.00. The number of hydrogen-bond donors (Lipinski definition) is 2. The van der Waals surface area contributed by atoms with E-state index in [0.29, 0.717) is 5.69 Å². The fourth-order valence-electron chi connectivity index (χ4n) is 1.93. The second kappa shape index (κ2) is 6.72. The van der Waals surface area contributed by atoms with E-state index in [9.17, 15) is 13.2 Å². The molecule has 0 fully saturated rings. The van der Waals surface area contributed by atoms with Gasteiger partial charge in [0.25, 0.3) is 0 Å². The van der Waals surface area contributed by atoms with Crippen LogP contribution in [-0.4, -0.2) is 20.9 Å². The summed E-state index contributed by atoms with van der Waals surface area (Å²) in [5.74, 6) is -0.412. The Labute approximate surface area is 130 Å². The Morgan fingerprint density at radius 1 is 1.05 bits per heavy atom. The molecule has 22 heavy (non-hydrogen) atoms. The number of sulfonamides is 1. The average Bonchev–Trinajstić information content (AvgIpc) is 2.48. The normalized spacial score (nSPS) is 11.2. The first kappa shape index (κ1) is 16.2. The van der Waals surface area contributed by atoms with Crippen molar-refractivity contribution >= 4 is 21.6 Å². The SMILES string of the molecule is Cc1cccc(S(=O)(=O)NCC(=O)Nc2ccccc2C)c1. The van der Waals surface area contributed by atoms with E-state index in [-0.39, 0.29) is 11.4 Å². The van der Waals surface area contributed by atoms with Crippen LogP contribution < -0.4 is 10.0 Å². The lowest BCUT2D eigenvalue weighted by molar-refractivity contribution is -0.115. The van der Waals surface area contributed by atoms with Gasteiger partial charge in [-0.15, -0.1) is 0 Å². The van der Waals surface area contributed by atoms with Crippen molar-refractivity contribution in [3.63, 3.8) is 0 Å². The first-order valence-electron chi connectivity index (χ1n) is 6.80. The van der Waals surface area contributed by atoms with Crippen molar-refractivity contribution in [2.75, 3.05) is 11.9 Å². The fourth-order valence-corrected chi connectivity index (χ4v) is 3.02. The number of amides is 1. The van der Waals surface area contributed by atoms with Gasteiger partial charge in [-0.1, -0.05) is 30.3 Å². The standard InChI is InChI=1S/C16H18N2O3S/c1-12-6-5-8-14(10-12)22(20,21)17-11-16(19)18-15-9-4-3-7-13(15)2/h3-10,17H,11H2,1-2H3,(H,18,19). The lowest BCUT2D eigenvalue weighted by Gasteiger charge is -2.10. The van der Waals surface area contributed by atoms with Crippen LogP contribution in [0.2, 0.25) is 0 Å². The monoisotopic (exact) mass is 318 g/mol. The zero-order chi connectivity index (χ0) is 16.2. The average molecular weight is 318 g/mol. The maximum atomic E-state index is 12.1. The first-order valence-corrected chi connectivity index (χ1v) is 8.28. The summed E-state index contributed by atoms with van der Waals surface area (Å²) in [4.78, 5) is 12.0. The Balaban J connectivity index is 2.00. The molecule has 1 amide bonds. The Bertz CT molecular complexity index is 785. The summed E-state index contributed by atoms with van der Waals surface area (Å²) >= 11 is 0. The second-order valence-corrected chi connectivity index (χ2v) is 6.77. The minimum Gasteiger partial charge on any atom is -0.325 e. The van der Waals surface area contributed by atoms with Gasteiger partial charge in [0.1, 0.15) is 0 Å². The van der Waals surface area contributed by atoms with Crippen LogP contribution in [-0.2, 0) is 14.8 Å². The zero-order valence-corrected chi connectivity index (χ0v) is 13.3. The van der Waals surface area contributed by atoms with E-state index in [1.54, 1.807) is 24.3 Å². The maximum Gasteiger partial charge on any atom is 0.241 e. The molecule has 0 radical (unpaired) electrons. The molecule has 0 spiro atoms. The molecule has 116 valence electrons. The molecule has 5 nitrogen and oxygen atoms in total. The quantitative estimate of drug-likeness (QED) is 0.887. The van der Waals surface area contributed by atoms with Crippen LogP contribution in [0.3, 0.4) is 0 Å². The highest BCUT2D eigenvalue weighted by Gasteiger charge is 2.15. The Kier molecular flexibility index (Phi) is 4.95. The predicted octanol–water partition coefficient (Wildman–Crippen LogP) is 2.22. The van der Waals surface area contributed by atoms with Gasteiger partial charge in [0, 0.05) is 5.69 Å². The Hall–Kier alpha value is -2.18. The lowest BCUT2D eigenvalue weighted by atomic mass is 10.2. The number of aryl methyl sites for hydroxylation is 2. The van der Waals surface area contributed by atoms with Crippen molar-refractivity contribution < 1.29 is 13.2 Å². The number of carbonyl (C=O) groups excluding carboxylic acids is 1. The molecular weight excluding hydrogens is 300 g/mol. The summed E-state index contributed by atoms with van der Waals surface area (Å²) in [6, 6.07) is 13.8. The van der Waals surface area contributed by atoms with Gasteiger partial charge in [-0.05, 0) is 43.2 Å². The molecule has 0 atom stereocenters. The van der Waals surface area contributed by atoms with Crippen LogP contribution >= 0.6 is 0 Å². The molecule has 6 heteroatoms. The van der Waals surface area contributed by atoms with Crippen LogP contribution in [0.15, 0.2) is 53.4 Å². The molecule has 0 aliphatic carbocycles. The van der Waals surface area contributed by atoms with E-state index in [2.05, 4.69) is 10.0 Å². The third kappa shape index (κ3) is 4.16. The summed E-state index contributed by atoms with van der Waals surface area (Å²) in [5, 5.41) is 2.68. The summed E-state index contributed by atoms with van der Waals surface area (Å²) in [5.41, 5.74) is 2.42. The van der Waals surface area contributed by atoms with E-state index in [1.165, 1.54) is 6.07 Å². The van der Waals surface area contributed by atoms with Gasteiger partial charge >= 0.3 is 0 Å². The van der Waals surface area contributed by atoms with Gasteiger partial charge in [0.05, 0.1) is 11.4 Å². The van der Waals surface area contributed by atoms with Crippen LogP contribution in [0, 0.1) is 13.8 Å². The zero-order valence-electron chi connectivity index (χ0n) is 12.5. The van der Waals surface area contributed by atoms with Crippen molar-refractivity contribution in [3.05, 3.63) is 59.7 Å². The smallest absolute Gasteiger partial charge is 0.241 e. The Morgan fingerprint density at radius 2 is 1.77 bits per heavy atom. The summed E-state index contributed by atoms with van der Waals surface area (Å²) in [6.07, 6.45) is 0. The maximum absolute atomic E-state index is 12.1. The third-order valence-electron chi connectivity index (χ3n) is 3.14. The highest BCUT2D eigenvalue weighted by atomic mass is 32.2. The van der Waals surface area contributed by atoms with Crippen LogP contribution in [0.4, 0.5) is 5.69 Å².